The third-order valence-corrected chi connectivity index (χ3v) is 3.40. The Balaban J connectivity index is 0.000000194. The van der Waals surface area contributed by atoms with Crippen LogP contribution in [0.3, 0.4) is 0 Å². The summed E-state index contributed by atoms with van der Waals surface area (Å²) in [7, 11) is 0. The second-order valence-electron chi connectivity index (χ2n) is 5.19. The minimum absolute atomic E-state index is 0.464. The molecule has 0 radical (unpaired) electrons. The van der Waals surface area contributed by atoms with Crippen LogP contribution < -0.4 is 4.74 Å². The second kappa shape index (κ2) is 8.96. The zero-order chi connectivity index (χ0) is 14.8. The molecule has 0 atom stereocenters. The van der Waals surface area contributed by atoms with E-state index >= 15 is 0 Å². The van der Waals surface area contributed by atoms with E-state index in [2.05, 4.69) is 12.1 Å². The third kappa shape index (κ3) is 6.26. The van der Waals surface area contributed by atoms with Gasteiger partial charge < -0.3 is 4.74 Å². The number of carbonyl (C=O) groups excluding carboxylic acids is 1. The summed E-state index contributed by atoms with van der Waals surface area (Å²) < 4.78 is 5.59. The molecule has 0 aromatic heterocycles. The second-order valence-corrected chi connectivity index (χ2v) is 5.19. The molecule has 0 aliphatic heterocycles. The Kier molecular flexibility index (Phi) is 6.53. The highest BCUT2D eigenvalue weighted by atomic mass is 16.5. The number of hydrogen-bond acceptors (Lipinski definition) is 2. The largest absolute Gasteiger partial charge is 0.489 e. The lowest BCUT2D eigenvalue weighted by Crippen LogP contribution is -2.02. The molecule has 0 spiro atoms. The smallest absolute Gasteiger partial charge is 0.132 e. The first kappa shape index (κ1) is 15.3. The molecule has 0 N–H and O–H groups in total. The van der Waals surface area contributed by atoms with E-state index in [1.54, 1.807) is 0 Å². The average molecular weight is 282 g/mol. The van der Waals surface area contributed by atoms with Crippen molar-refractivity contribution in [2.75, 3.05) is 0 Å². The fourth-order valence-corrected chi connectivity index (χ4v) is 2.20. The van der Waals surface area contributed by atoms with Gasteiger partial charge in [-0.1, -0.05) is 55.0 Å². The van der Waals surface area contributed by atoms with Crippen LogP contribution >= 0.6 is 0 Å². The van der Waals surface area contributed by atoms with Gasteiger partial charge in [-0.15, -0.1) is 0 Å². The van der Waals surface area contributed by atoms with Gasteiger partial charge in [0, 0.05) is 12.8 Å². The van der Waals surface area contributed by atoms with Crippen molar-refractivity contribution in [2.45, 2.75) is 38.7 Å². The summed E-state index contributed by atoms with van der Waals surface area (Å²) in [4.78, 5) is 10.5. The lowest BCUT2D eigenvalue weighted by atomic mass is 10.00. The van der Waals surface area contributed by atoms with Gasteiger partial charge in [-0.05, 0) is 30.5 Å². The maximum absolute atomic E-state index is 10.5. The molecule has 2 nitrogen and oxygen atoms in total. The molecule has 2 aromatic rings. The summed E-state index contributed by atoms with van der Waals surface area (Å²) in [5.41, 5.74) is 1.19. The zero-order valence-electron chi connectivity index (χ0n) is 12.3. The first-order valence-electron chi connectivity index (χ1n) is 7.58. The summed E-state index contributed by atoms with van der Waals surface area (Å²) in [5.74, 6) is 1.38. The fraction of sp³-hybridized carbons (Fsp3) is 0.316. The van der Waals surface area contributed by atoms with Gasteiger partial charge in [0.2, 0.25) is 0 Å². The van der Waals surface area contributed by atoms with Gasteiger partial charge in [-0.2, -0.15) is 0 Å². The van der Waals surface area contributed by atoms with Crippen molar-refractivity contribution in [1.82, 2.24) is 0 Å². The minimum Gasteiger partial charge on any atom is -0.489 e. The molecule has 0 saturated heterocycles. The molecular formula is C19H22O2. The number of ether oxygens (including phenoxy) is 1. The molecule has 1 aliphatic carbocycles. The Labute approximate surface area is 126 Å². The lowest BCUT2D eigenvalue weighted by molar-refractivity contribution is -0.120. The number of para-hydroxylation sites is 1. The van der Waals surface area contributed by atoms with E-state index in [4.69, 9.17) is 4.74 Å². The molecule has 110 valence electrons. The summed E-state index contributed by atoms with van der Waals surface area (Å²) in [6, 6.07) is 20.0. The van der Waals surface area contributed by atoms with Gasteiger partial charge in [0.25, 0.3) is 0 Å². The van der Waals surface area contributed by atoms with Crippen molar-refractivity contribution in [1.29, 1.82) is 0 Å². The number of benzene rings is 2. The monoisotopic (exact) mass is 282 g/mol. The van der Waals surface area contributed by atoms with Gasteiger partial charge >= 0.3 is 0 Å². The Morgan fingerprint density at radius 1 is 0.762 bits per heavy atom. The number of carbonyl (C=O) groups is 1. The molecule has 0 unspecified atom stereocenters. The van der Waals surface area contributed by atoms with Gasteiger partial charge in [-0.3, -0.25) is 4.79 Å². The maximum atomic E-state index is 10.5. The Morgan fingerprint density at radius 2 is 1.33 bits per heavy atom. The molecule has 2 aromatic carbocycles. The minimum atomic E-state index is 0.464. The van der Waals surface area contributed by atoms with E-state index in [1.807, 2.05) is 48.5 Å². The van der Waals surface area contributed by atoms with Crippen LogP contribution in [0.25, 0.3) is 0 Å². The van der Waals surface area contributed by atoms with Crippen LogP contribution in [0.15, 0.2) is 60.7 Å². The van der Waals surface area contributed by atoms with E-state index in [1.165, 1.54) is 12.0 Å². The van der Waals surface area contributed by atoms with Crippen LogP contribution in [0.5, 0.6) is 5.75 Å². The Morgan fingerprint density at radius 3 is 1.86 bits per heavy atom. The first-order chi connectivity index (χ1) is 10.3. The lowest BCUT2D eigenvalue weighted by Gasteiger charge is -2.05. The predicted molar refractivity (Wildman–Crippen MR) is 85.3 cm³/mol. The standard InChI is InChI=1S/C13H12O.C6H10O/c1-3-7-12(8-4-1)11-14-13-9-5-2-6-10-13;7-6-4-2-1-3-5-6/h1-10H,11H2;1-5H2. The highest BCUT2D eigenvalue weighted by molar-refractivity contribution is 5.78. The van der Waals surface area contributed by atoms with Crippen LogP contribution in [0, 0.1) is 0 Å². The molecule has 1 saturated carbocycles. The van der Waals surface area contributed by atoms with E-state index in [0.29, 0.717) is 12.4 Å². The summed E-state index contributed by atoms with van der Waals surface area (Å²) in [5, 5.41) is 0. The topological polar surface area (TPSA) is 26.3 Å². The van der Waals surface area contributed by atoms with Crippen LogP contribution in [-0.2, 0) is 11.4 Å². The van der Waals surface area contributed by atoms with E-state index in [-0.39, 0.29) is 0 Å². The Bertz CT molecular complexity index is 472. The molecule has 1 fully saturated rings. The van der Waals surface area contributed by atoms with Crippen LogP contribution in [-0.4, -0.2) is 5.78 Å². The fourth-order valence-electron chi connectivity index (χ4n) is 2.20. The maximum Gasteiger partial charge on any atom is 0.132 e. The highest BCUT2D eigenvalue weighted by Crippen LogP contribution is 2.12. The normalized spacial score (nSPS) is 14.0. The SMILES string of the molecule is O=C1CCCCC1.c1ccc(COc2ccccc2)cc1. The molecule has 0 bridgehead atoms. The van der Waals surface area contributed by atoms with Crippen molar-refractivity contribution >= 4 is 5.78 Å². The molecule has 0 heterocycles. The number of Topliss-reactive ketones (excluding diaryl/α,β-unsaturated/α-hetero) is 1. The molecule has 21 heavy (non-hydrogen) atoms. The van der Waals surface area contributed by atoms with Gasteiger partial charge in [-0.25, -0.2) is 0 Å². The van der Waals surface area contributed by atoms with Crippen molar-refractivity contribution in [3.05, 3.63) is 66.2 Å². The van der Waals surface area contributed by atoms with E-state index < -0.39 is 0 Å². The third-order valence-electron chi connectivity index (χ3n) is 3.40. The summed E-state index contributed by atoms with van der Waals surface area (Å²) in [6.45, 7) is 0.630. The molecule has 3 rings (SSSR count). The van der Waals surface area contributed by atoms with Crippen LogP contribution in [0.1, 0.15) is 37.7 Å². The molecule has 2 heteroatoms. The number of hydrogen-bond donors (Lipinski definition) is 0. The first-order valence-corrected chi connectivity index (χ1v) is 7.58. The van der Waals surface area contributed by atoms with Crippen molar-refractivity contribution in [2.24, 2.45) is 0 Å². The van der Waals surface area contributed by atoms with E-state index in [0.717, 1.165) is 31.4 Å². The zero-order valence-corrected chi connectivity index (χ0v) is 12.3. The van der Waals surface area contributed by atoms with Gasteiger partial charge in [0.05, 0.1) is 0 Å². The Hall–Kier alpha value is -2.09. The predicted octanol–water partition coefficient (Wildman–Crippen LogP) is 4.79. The molecule has 1 aliphatic rings. The van der Waals surface area contributed by atoms with Crippen molar-refractivity contribution in [3.63, 3.8) is 0 Å². The van der Waals surface area contributed by atoms with Gasteiger partial charge in [0.15, 0.2) is 0 Å². The number of ketones is 1. The van der Waals surface area contributed by atoms with Crippen LogP contribution in [0.4, 0.5) is 0 Å². The van der Waals surface area contributed by atoms with Gasteiger partial charge in [0.1, 0.15) is 18.1 Å². The van der Waals surface area contributed by atoms with Crippen molar-refractivity contribution in [3.8, 4) is 5.75 Å². The van der Waals surface area contributed by atoms with E-state index in [9.17, 15) is 4.79 Å². The average Bonchev–Trinajstić information content (AvgIpc) is 2.56. The van der Waals surface area contributed by atoms with Crippen LogP contribution in [0.2, 0.25) is 0 Å². The quantitative estimate of drug-likeness (QED) is 0.809. The summed E-state index contributed by atoms with van der Waals surface area (Å²) >= 11 is 0. The molecule has 0 amide bonds. The highest BCUT2D eigenvalue weighted by Gasteiger charge is 2.05. The summed E-state index contributed by atoms with van der Waals surface area (Å²) in [6.07, 6.45) is 5.24. The van der Waals surface area contributed by atoms with Crippen molar-refractivity contribution < 1.29 is 9.53 Å². The molecular weight excluding hydrogens is 260 g/mol. The number of rotatable bonds is 3.